The molecule has 1 aliphatic rings. The van der Waals surface area contributed by atoms with Crippen LogP contribution in [-0.4, -0.2) is 54.1 Å². The molecule has 0 bridgehead atoms. The average molecular weight is 292 g/mol. The van der Waals surface area contributed by atoms with Crippen LogP contribution in [0.3, 0.4) is 0 Å². The summed E-state index contributed by atoms with van der Waals surface area (Å²) in [7, 11) is 1.61. The van der Waals surface area contributed by atoms with E-state index in [2.05, 4.69) is 28.7 Å². The molecule has 1 fully saturated rings. The molecule has 0 aliphatic carbocycles. The minimum absolute atomic E-state index is 0.251. The number of rotatable bonds is 4. The van der Waals surface area contributed by atoms with E-state index in [0.29, 0.717) is 24.0 Å². The maximum absolute atomic E-state index is 12.1. The molecule has 0 unspecified atom stereocenters. The fourth-order valence-electron chi connectivity index (χ4n) is 2.46. The van der Waals surface area contributed by atoms with Gasteiger partial charge in [-0.05, 0) is 12.8 Å². The van der Waals surface area contributed by atoms with Crippen LogP contribution in [0.4, 0.5) is 5.82 Å². The summed E-state index contributed by atoms with van der Waals surface area (Å²) in [4.78, 5) is 24.8. The zero-order valence-electron chi connectivity index (χ0n) is 13.3. The minimum atomic E-state index is 0.251. The quantitative estimate of drug-likeness (QED) is 0.841. The van der Waals surface area contributed by atoms with E-state index in [4.69, 9.17) is 4.74 Å². The standard InChI is InChI=1S/C15H24N4O2/c1-11(2)9-15(20)19-7-5-18(6-8-19)13-10-14(21-4)17-12(3)16-13/h10-11H,5-9H2,1-4H3. The van der Waals surface area contributed by atoms with Crippen LogP contribution in [0.15, 0.2) is 6.07 Å². The number of carbonyl (C=O) groups excluding carboxylic acids is 1. The van der Waals surface area contributed by atoms with Gasteiger partial charge in [0.2, 0.25) is 11.8 Å². The van der Waals surface area contributed by atoms with Crippen LogP contribution in [-0.2, 0) is 4.79 Å². The number of piperazine rings is 1. The largest absolute Gasteiger partial charge is 0.481 e. The maximum atomic E-state index is 12.1. The molecule has 1 aliphatic heterocycles. The lowest BCUT2D eigenvalue weighted by atomic mass is 10.1. The van der Waals surface area contributed by atoms with Crippen molar-refractivity contribution in [1.82, 2.24) is 14.9 Å². The first-order valence-electron chi connectivity index (χ1n) is 7.42. The molecular weight excluding hydrogens is 268 g/mol. The highest BCUT2D eigenvalue weighted by Crippen LogP contribution is 2.19. The van der Waals surface area contributed by atoms with Gasteiger partial charge in [0.15, 0.2) is 0 Å². The number of amides is 1. The monoisotopic (exact) mass is 292 g/mol. The first kappa shape index (κ1) is 15.5. The molecule has 0 N–H and O–H groups in total. The molecule has 0 aromatic carbocycles. The van der Waals surface area contributed by atoms with Gasteiger partial charge in [-0.1, -0.05) is 13.8 Å². The highest BCUT2D eigenvalue weighted by molar-refractivity contribution is 5.76. The molecule has 0 saturated carbocycles. The van der Waals surface area contributed by atoms with E-state index >= 15 is 0 Å². The molecule has 1 saturated heterocycles. The highest BCUT2D eigenvalue weighted by atomic mass is 16.5. The van der Waals surface area contributed by atoms with Crippen molar-refractivity contribution < 1.29 is 9.53 Å². The molecule has 0 atom stereocenters. The van der Waals surface area contributed by atoms with Crippen molar-refractivity contribution in [3.05, 3.63) is 11.9 Å². The Kier molecular flexibility index (Phi) is 4.98. The zero-order chi connectivity index (χ0) is 15.4. The van der Waals surface area contributed by atoms with Crippen LogP contribution in [0.2, 0.25) is 0 Å². The lowest BCUT2D eigenvalue weighted by Crippen LogP contribution is -2.49. The molecule has 1 aromatic heterocycles. The van der Waals surface area contributed by atoms with Gasteiger partial charge < -0.3 is 14.5 Å². The predicted octanol–water partition coefficient (Wildman–Crippen LogP) is 1.49. The van der Waals surface area contributed by atoms with Gasteiger partial charge >= 0.3 is 0 Å². The van der Waals surface area contributed by atoms with Crippen LogP contribution in [0.25, 0.3) is 0 Å². The molecule has 21 heavy (non-hydrogen) atoms. The van der Waals surface area contributed by atoms with Crippen molar-refractivity contribution in [2.45, 2.75) is 27.2 Å². The van der Waals surface area contributed by atoms with Crippen molar-refractivity contribution in [3.63, 3.8) is 0 Å². The van der Waals surface area contributed by atoms with Gasteiger partial charge in [-0.15, -0.1) is 0 Å². The van der Waals surface area contributed by atoms with Gasteiger partial charge in [0.25, 0.3) is 0 Å². The average Bonchev–Trinajstić information content (AvgIpc) is 2.46. The Balaban J connectivity index is 1.98. The van der Waals surface area contributed by atoms with Gasteiger partial charge in [0.1, 0.15) is 11.6 Å². The fraction of sp³-hybridized carbons (Fsp3) is 0.667. The second kappa shape index (κ2) is 6.74. The van der Waals surface area contributed by atoms with Crippen LogP contribution in [0.5, 0.6) is 5.88 Å². The number of methoxy groups -OCH3 is 1. The Hall–Kier alpha value is -1.85. The number of carbonyl (C=O) groups is 1. The normalized spacial score (nSPS) is 15.5. The van der Waals surface area contributed by atoms with Crippen molar-refractivity contribution in [2.75, 3.05) is 38.2 Å². The van der Waals surface area contributed by atoms with E-state index in [0.717, 1.165) is 32.0 Å². The van der Waals surface area contributed by atoms with Gasteiger partial charge in [-0.25, -0.2) is 4.98 Å². The molecular formula is C15H24N4O2. The first-order chi connectivity index (χ1) is 9.99. The van der Waals surface area contributed by atoms with E-state index in [1.165, 1.54) is 0 Å². The summed E-state index contributed by atoms with van der Waals surface area (Å²) >= 11 is 0. The van der Waals surface area contributed by atoms with Crippen molar-refractivity contribution in [3.8, 4) is 5.88 Å². The first-order valence-corrected chi connectivity index (χ1v) is 7.42. The van der Waals surface area contributed by atoms with Gasteiger partial charge in [-0.2, -0.15) is 4.98 Å². The van der Waals surface area contributed by atoms with Crippen LogP contribution >= 0.6 is 0 Å². The Bertz CT molecular complexity index is 496. The SMILES string of the molecule is COc1cc(N2CCN(C(=O)CC(C)C)CC2)nc(C)n1. The number of nitrogens with zero attached hydrogens (tertiary/aromatic N) is 4. The third kappa shape index (κ3) is 4.06. The summed E-state index contributed by atoms with van der Waals surface area (Å²) in [5.41, 5.74) is 0. The van der Waals surface area contributed by atoms with E-state index in [1.807, 2.05) is 17.9 Å². The fourth-order valence-corrected chi connectivity index (χ4v) is 2.46. The summed E-state index contributed by atoms with van der Waals surface area (Å²) in [5, 5.41) is 0. The maximum Gasteiger partial charge on any atom is 0.222 e. The van der Waals surface area contributed by atoms with E-state index in [1.54, 1.807) is 7.11 Å². The van der Waals surface area contributed by atoms with Gasteiger partial charge in [0.05, 0.1) is 7.11 Å². The molecule has 2 rings (SSSR count). The minimum Gasteiger partial charge on any atom is -0.481 e. The summed E-state index contributed by atoms with van der Waals surface area (Å²) in [6.45, 7) is 9.09. The predicted molar refractivity (Wildman–Crippen MR) is 81.6 cm³/mol. The van der Waals surface area contributed by atoms with Crippen LogP contribution < -0.4 is 9.64 Å². The lowest BCUT2D eigenvalue weighted by molar-refractivity contribution is -0.132. The van der Waals surface area contributed by atoms with Crippen molar-refractivity contribution in [2.24, 2.45) is 5.92 Å². The molecule has 1 aromatic rings. The molecule has 0 spiro atoms. The third-order valence-electron chi connectivity index (χ3n) is 3.55. The Labute approximate surface area is 126 Å². The van der Waals surface area contributed by atoms with Crippen LogP contribution in [0, 0.1) is 12.8 Å². The second-order valence-corrected chi connectivity index (χ2v) is 5.78. The number of aromatic nitrogens is 2. The summed E-state index contributed by atoms with van der Waals surface area (Å²) in [6, 6.07) is 1.85. The van der Waals surface area contributed by atoms with Gasteiger partial charge in [-0.3, -0.25) is 4.79 Å². The summed E-state index contributed by atoms with van der Waals surface area (Å²) < 4.78 is 5.19. The molecule has 2 heterocycles. The Morgan fingerprint density at radius 1 is 1.29 bits per heavy atom. The van der Waals surface area contributed by atoms with Crippen molar-refractivity contribution in [1.29, 1.82) is 0 Å². The number of hydrogen-bond donors (Lipinski definition) is 0. The molecule has 0 radical (unpaired) electrons. The zero-order valence-corrected chi connectivity index (χ0v) is 13.3. The third-order valence-corrected chi connectivity index (χ3v) is 3.55. The summed E-state index contributed by atoms with van der Waals surface area (Å²) in [5.74, 6) is 2.80. The Morgan fingerprint density at radius 2 is 1.95 bits per heavy atom. The molecule has 6 heteroatoms. The van der Waals surface area contributed by atoms with E-state index in [9.17, 15) is 4.79 Å². The topological polar surface area (TPSA) is 58.6 Å². The Morgan fingerprint density at radius 3 is 2.52 bits per heavy atom. The summed E-state index contributed by atoms with van der Waals surface area (Å²) in [6.07, 6.45) is 0.625. The van der Waals surface area contributed by atoms with Crippen molar-refractivity contribution >= 4 is 11.7 Å². The van der Waals surface area contributed by atoms with E-state index in [-0.39, 0.29) is 5.91 Å². The molecule has 116 valence electrons. The number of aryl methyl sites for hydroxylation is 1. The van der Waals surface area contributed by atoms with Crippen LogP contribution in [0.1, 0.15) is 26.1 Å². The second-order valence-electron chi connectivity index (χ2n) is 5.78. The number of anilines is 1. The highest BCUT2D eigenvalue weighted by Gasteiger charge is 2.22. The lowest BCUT2D eigenvalue weighted by Gasteiger charge is -2.35. The van der Waals surface area contributed by atoms with E-state index < -0.39 is 0 Å². The molecule has 6 nitrogen and oxygen atoms in total. The number of ether oxygens (including phenoxy) is 1. The smallest absolute Gasteiger partial charge is 0.222 e. The number of hydrogen-bond acceptors (Lipinski definition) is 5. The van der Waals surface area contributed by atoms with Gasteiger partial charge in [0, 0.05) is 38.7 Å². The molecule has 1 amide bonds.